The normalized spacial score (nSPS) is 11.6. The van der Waals surface area contributed by atoms with E-state index in [1.807, 2.05) is 44.2 Å². The number of hydrogen-bond donors (Lipinski definition) is 2. The van der Waals surface area contributed by atoms with Gasteiger partial charge in [-0.15, -0.1) is 0 Å². The minimum absolute atomic E-state index is 0.0595. The molecule has 1 amide bonds. The number of ether oxygens (including phenoxy) is 2. The number of aryl methyl sites for hydroxylation is 1. The van der Waals surface area contributed by atoms with Crippen molar-refractivity contribution in [2.75, 3.05) is 19.5 Å². The van der Waals surface area contributed by atoms with E-state index < -0.39 is 0 Å². The number of methoxy groups -OCH3 is 2. The fourth-order valence-electron chi connectivity index (χ4n) is 2.54. The molecule has 0 saturated carbocycles. The molecule has 0 saturated heterocycles. The van der Waals surface area contributed by atoms with E-state index in [9.17, 15) is 4.79 Å². The summed E-state index contributed by atoms with van der Waals surface area (Å²) in [5, 5.41) is 6.22. The molecule has 5 heteroatoms. The van der Waals surface area contributed by atoms with Gasteiger partial charge in [0.25, 0.3) is 0 Å². The first-order chi connectivity index (χ1) is 12.0. The van der Waals surface area contributed by atoms with Gasteiger partial charge in [0.05, 0.1) is 14.2 Å². The highest BCUT2D eigenvalue weighted by Gasteiger charge is 2.14. The number of hydrogen-bond acceptors (Lipinski definition) is 4. The van der Waals surface area contributed by atoms with Gasteiger partial charge in [0, 0.05) is 12.2 Å². The summed E-state index contributed by atoms with van der Waals surface area (Å²) in [6.45, 7) is 6.39. The zero-order chi connectivity index (χ0) is 18.4. The zero-order valence-electron chi connectivity index (χ0n) is 15.5. The monoisotopic (exact) mass is 342 g/mol. The number of benzene rings is 2. The summed E-state index contributed by atoms with van der Waals surface area (Å²) in [5.74, 6) is 1.26. The van der Waals surface area contributed by atoms with E-state index in [1.54, 1.807) is 14.2 Å². The van der Waals surface area contributed by atoms with Crippen LogP contribution < -0.4 is 20.1 Å². The molecule has 2 aromatic rings. The van der Waals surface area contributed by atoms with Crippen LogP contribution in [0.1, 0.15) is 23.6 Å². The van der Waals surface area contributed by atoms with Gasteiger partial charge < -0.3 is 20.1 Å². The maximum Gasteiger partial charge on any atom is 0.242 e. The fraction of sp³-hybridized carbons (Fsp3) is 0.350. The first-order valence-electron chi connectivity index (χ1n) is 8.27. The van der Waals surface area contributed by atoms with Crippen LogP contribution in [-0.4, -0.2) is 26.2 Å². The molecule has 5 nitrogen and oxygen atoms in total. The molecule has 0 bridgehead atoms. The maximum atomic E-state index is 12.4. The molecule has 0 aliphatic carbocycles. The number of anilines is 1. The largest absolute Gasteiger partial charge is 0.493 e. The highest BCUT2D eigenvalue weighted by Crippen LogP contribution is 2.27. The average molecular weight is 342 g/mol. The van der Waals surface area contributed by atoms with E-state index in [2.05, 4.69) is 23.6 Å². The number of carbonyl (C=O) groups is 1. The van der Waals surface area contributed by atoms with Crippen LogP contribution in [0.25, 0.3) is 0 Å². The predicted molar refractivity (Wildman–Crippen MR) is 100 cm³/mol. The SMILES string of the molecule is COc1ccc(CNC(=O)[C@@H](C)Nc2cccc(C)c2C)cc1OC. The van der Waals surface area contributed by atoms with Crippen molar-refractivity contribution in [3.63, 3.8) is 0 Å². The van der Waals surface area contributed by atoms with Crippen molar-refractivity contribution in [2.24, 2.45) is 0 Å². The standard InChI is InChI=1S/C20H26N2O3/c1-13-7-6-8-17(14(13)2)22-15(3)20(23)21-12-16-9-10-18(24-4)19(11-16)25-5/h6-11,15,22H,12H2,1-5H3,(H,21,23)/t15-/m1/s1. The Hall–Kier alpha value is -2.69. The summed E-state index contributed by atoms with van der Waals surface area (Å²) in [6.07, 6.45) is 0. The molecule has 0 heterocycles. The maximum absolute atomic E-state index is 12.4. The minimum atomic E-state index is -0.333. The molecule has 2 aromatic carbocycles. The van der Waals surface area contributed by atoms with Gasteiger partial charge in [0.1, 0.15) is 6.04 Å². The molecule has 0 fully saturated rings. The quantitative estimate of drug-likeness (QED) is 0.809. The molecule has 1 atom stereocenters. The van der Waals surface area contributed by atoms with Crippen LogP contribution in [0, 0.1) is 13.8 Å². The molecule has 2 N–H and O–H groups in total. The van der Waals surface area contributed by atoms with Gasteiger partial charge in [-0.05, 0) is 55.7 Å². The summed E-state index contributed by atoms with van der Waals surface area (Å²) in [4.78, 5) is 12.4. The highest BCUT2D eigenvalue weighted by molar-refractivity contribution is 5.84. The van der Waals surface area contributed by atoms with Gasteiger partial charge in [0.15, 0.2) is 11.5 Å². The van der Waals surface area contributed by atoms with Crippen molar-refractivity contribution < 1.29 is 14.3 Å². The van der Waals surface area contributed by atoms with Crippen LogP contribution in [-0.2, 0) is 11.3 Å². The highest BCUT2D eigenvalue weighted by atomic mass is 16.5. The third kappa shape index (κ3) is 4.66. The molecule has 0 aromatic heterocycles. The lowest BCUT2D eigenvalue weighted by molar-refractivity contribution is -0.121. The Balaban J connectivity index is 1.96. The topological polar surface area (TPSA) is 59.6 Å². The summed E-state index contributed by atoms with van der Waals surface area (Å²) >= 11 is 0. The molecule has 0 radical (unpaired) electrons. The van der Waals surface area contributed by atoms with Crippen LogP contribution in [0.4, 0.5) is 5.69 Å². The number of rotatable bonds is 7. The Labute approximate surface area is 149 Å². The van der Waals surface area contributed by atoms with Gasteiger partial charge in [0.2, 0.25) is 5.91 Å². The van der Waals surface area contributed by atoms with Gasteiger partial charge in [-0.1, -0.05) is 18.2 Å². The van der Waals surface area contributed by atoms with E-state index in [0.29, 0.717) is 18.0 Å². The second-order valence-electron chi connectivity index (χ2n) is 6.02. The number of carbonyl (C=O) groups excluding carboxylic acids is 1. The Kier molecular flexibility index (Phi) is 6.28. The average Bonchev–Trinajstić information content (AvgIpc) is 2.63. The first-order valence-corrected chi connectivity index (χ1v) is 8.27. The van der Waals surface area contributed by atoms with Gasteiger partial charge in [-0.3, -0.25) is 4.79 Å². The second-order valence-corrected chi connectivity index (χ2v) is 6.02. The number of nitrogens with one attached hydrogen (secondary N) is 2. The zero-order valence-corrected chi connectivity index (χ0v) is 15.5. The van der Waals surface area contributed by atoms with Crippen molar-refractivity contribution in [3.8, 4) is 11.5 Å². The van der Waals surface area contributed by atoms with Crippen molar-refractivity contribution in [3.05, 3.63) is 53.1 Å². The molecule has 2 rings (SSSR count). The molecular weight excluding hydrogens is 316 g/mol. The lowest BCUT2D eigenvalue weighted by Gasteiger charge is -2.18. The second kappa shape index (κ2) is 8.42. The Morgan fingerprint density at radius 2 is 1.80 bits per heavy atom. The Morgan fingerprint density at radius 1 is 1.08 bits per heavy atom. The van der Waals surface area contributed by atoms with E-state index >= 15 is 0 Å². The molecular formula is C20H26N2O3. The molecule has 0 unspecified atom stereocenters. The lowest BCUT2D eigenvalue weighted by atomic mass is 10.1. The van der Waals surface area contributed by atoms with E-state index in [1.165, 1.54) is 5.56 Å². The van der Waals surface area contributed by atoms with Crippen LogP contribution in [0.15, 0.2) is 36.4 Å². The van der Waals surface area contributed by atoms with E-state index in [0.717, 1.165) is 16.8 Å². The number of amides is 1. The first kappa shape index (κ1) is 18.6. The summed E-state index contributed by atoms with van der Waals surface area (Å²) in [7, 11) is 3.19. The summed E-state index contributed by atoms with van der Waals surface area (Å²) < 4.78 is 10.5. The van der Waals surface area contributed by atoms with Crippen molar-refractivity contribution in [1.29, 1.82) is 0 Å². The molecule has 0 aliphatic rings. The van der Waals surface area contributed by atoms with Crippen molar-refractivity contribution in [1.82, 2.24) is 5.32 Å². The Bertz CT molecular complexity index is 744. The molecule has 0 spiro atoms. The van der Waals surface area contributed by atoms with Gasteiger partial charge >= 0.3 is 0 Å². The van der Waals surface area contributed by atoms with E-state index in [-0.39, 0.29) is 11.9 Å². The van der Waals surface area contributed by atoms with Crippen LogP contribution in [0.3, 0.4) is 0 Å². The summed E-state index contributed by atoms with van der Waals surface area (Å²) in [6, 6.07) is 11.3. The minimum Gasteiger partial charge on any atom is -0.493 e. The van der Waals surface area contributed by atoms with Crippen LogP contribution in [0.2, 0.25) is 0 Å². The summed E-state index contributed by atoms with van der Waals surface area (Å²) in [5.41, 5.74) is 4.28. The van der Waals surface area contributed by atoms with Crippen molar-refractivity contribution >= 4 is 11.6 Å². The predicted octanol–water partition coefficient (Wildman–Crippen LogP) is 3.44. The lowest BCUT2D eigenvalue weighted by Crippen LogP contribution is -2.37. The van der Waals surface area contributed by atoms with Crippen molar-refractivity contribution in [2.45, 2.75) is 33.4 Å². The molecule has 134 valence electrons. The smallest absolute Gasteiger partial charge is 0.242 e. The third-order valence-corrected chi connectivity index (χ3v) is 4.28. The Morgan fingerprint density at radius 3 is 2.48 bits per heavy atom. The fourth-order valence-corrected chi connectivity index (χ4v) is 2.54. The van der Waals surface area contributed by atoms with Gasteiger partial charge in [-0.2, -0.15) is 0 Å². The van der Waals surface area contributed by atoms with Crippen LogP contribution in [0.5, 0.6) is 11.5 Å². The molecule has 0 aliphatic heterocycles. The van der Waals surface area contributed by atoms with Crippen LogP contribution >= 0.6 is 0 Å². The molecule has 25 heavy (non-hydrogen) atoms. The van der Waals surface area contributed by atoms with E-state index in [4.69, 9.17) is 9.47 Å². The third-order valence-electron chi connectivity index (χ3n) is 4.28. The van der Waals surface area contributed by atoms with Gasteiger partial charge in [-0.25, -0.2) is 0 Å².